The number of hydrogen-bond donors (Lipinski definition) is 0. The Bertz CT molecular complexity index is 959. The third-order valence-electron chi connectivity index (χ3n) is 3.99. The minimum atomic E-state index is -4.21. The number of rotatable bonds is 3. The lowest BCUT2D eigenvalue weighted by atomic mass is 10.1. The molecule has 3 rings (SSSR count). The highest BCUT2D eigenvalue weighted by Crippen LogP contribution is 2.34. The molecule has 1 aliphatic heterocycles. The van der Waals surface area contributed by atoms with Gasteiger partial charge in [0, 0.05) is 24.7 Å². The number of halogens is 2. The number of amides is 1. The van der Waals surface area contributed by atoms with Gasteiger partial charge in [0.05, 0.1) is 0 Å². The number of benzene rings is 2. The molecular weight excluding hydrogens is 352 g/mol. The average molecular weight is 367 g/mol. The molecule has 0 saturated heterocycles. The summed E-state index contributed by atoms with van der Waals surface area (Å²) in [7, 11) is -4.21. The highest BCUT2D eigenvalue weighted by molar-refractivity contribution is 7.87. The molecule has 1 atom stereocenters. The van der Waals surface area contributed by atoms with Gasteiger partial charge in [-0.2, -0.15) is 8.42 Å². The molecule has 0 unspecified atom stereocenters. The smallest absolute Gasteiger partial charge is 0.339 e. The quantitative estimate of drug-likeness (QED) is 0.783. The summed E-state index contributed by atoms with van der Waals surface area (Å²) in [6.07, 6.45) is 0.517. The Morgan fingerprint density at radius 1 is 1.16 bits per heavy atom. The van der Waals surface area contributed by atoms with Gasteiger partial charge in [0.1, 0.15) is 10.6 Å². The number of anilines is 1. The molecule has 0 spiro atoms. The van der Waals surface area contributed by atoms with E-state index in [9.17, 15) is 22.0 Å². The molecule has 8 heteroatoms. The summed E-state index contributed by atoms with van der Waals surface area (Å²) in [6.45, 7) is 3.32. The Labute approximate surface area is 144 Å². The summed E-state index contributed by atoms with van der Waals surface area (Å²) < 4.78 is 55.8. The molecule has 1 amide bonds. The second kappa shape index (κ2) is 6.11. The first-order chi connectivity index (χ1) is 11.7. The second-order valence-electron chi connectivity index (χ2n) is 5.85. The van der Waals surface area contributed by atoms with Gasteiger partial charge in [-0.3, -0.25) is 4.79 Å². The lowest BCUT2D eigenvalue weighted by molar-refractivity contribution is -0.116. The van der Waals surface area contributed by atoms with E-state index < -0.39 is 21.8 Å². The maximum Gasteiger partial charge on any atom is 0.339 e. The summed E-state index contributed by atoms with van der Waals surface area (Å²) in [4.78, 5) is 13.2. The Morgan fingerprint density at radius 3 is 2.52 bits per heavy atom. The van der Waals surface area contributed by atoms with Crippen molar-refractivity contribution < 1.29 is 26.2 Å². The minimum Gasteiger partial charge on any atom is -0.379 e. The van der Waals surface area contributed by atoms with Gasteiger partial charge >= 0.3 is 10.1 Å². The Kier molecular flexibility index (Phi) is 4.24. The van der Waals surface area contributed by atoms with Crippen molar-refractivity contribution in [3.05, 3.63) is 53.6 Å². The van der Waals surface area contributed by atoms with Crippen LogP contribution in [-0.4, -0.2) is 20.4 Å². The van der Waals surface area contributed by atoms with Crippen molar-refractivity contribution in [2.75, 3.05) is 4.90 Å². The third-order valence-corrected chi connectivity index (χ3v) is 5.23. The van der Waals surface area contributed by atoms with Gasteiger partial charge in [-0.25, -0.2) is 8.78 Å². The Balaban J connectivity index is 1.93. The van der Waals surface area contributed by atoms with E-state index in [1.807, 2.05) is 6.92 Å². The van der Waals surface area contributed by atoms with E-state index in [4.69, 9.17) is 4.18 Å². The normalized spacial score (nSPS) is 16.6. The van der Waals surface area contributed by atoms with Crippen LogP contribution in [0.25, 0.3) is 0 Å². The highest BCUT2D eigenvalue weighted by Gasteiger charge is 2.30. The monoisotopic (exact) mass is 367 g/mol. The van der Waals surface area contributed by atoms with Crippen LogP contribution in [0.1, 0.15) is 19.4 Å². The summed E-state index contributed by atoms with van der Waals surface area (Å²) in [5.74, 6) is -2.74. The zero-order valence-corrected chi connectivity index (χ0v) is 14.3. The van der Waals surface area contributed by atoms with Crippen LogP contribution in [-0.2, 0) is 21.3 Å². The fraction of sp³-hybridized carbons (Fsp3) is 0.235. The number of carbonyl (C=O) groups excluding carboxylic acids is 1. The van der Waals surface area contributed by atoms with Crippen molar-refractivity contribution >= 4 is 21.7 Å². The van der Waals surface area contributed by atoms with Crippen molar-refractivity contribution in [2.45, 2.75) is 31.2 Å². The molecule has 132 valence electrons. The number of nitrogens with zero attached hydrogens (tertiary/aromatic N) is 1. The van der Waals surface area contributed by atoms with Crippen LogP contribution < -0.4 is 9.08 Å². The van der Waals surface area contributed by atoms with E-state index in [1.165, 1.54) is 19.1 Å². The zero-order valence-electron chi connectivity index (χ0n) is 13.5. The van der Waals surface area contributed by atoms with Gasteiger partial charge in [0.25, 0.3) is 0 Å². The van der Waals surface area contributed by atoms with Crippen molar-refractivity contribution in [3.8, 4) is 5.75 Å². The molecule has 1 aliphatic rings. The predicted molar refractivity (Wildman–Crippen MR) is 86.9 cm³/mol. The molecule has 1 heterocycles. The first-order valence-corrected chi connectivity index (χ1v) is 8.92. The van der Waals surface area contributed by atoms with Crippen molar-refractivity contribution in [1.29, 1.82) is 0 Å². The van der Waals surface area contributed by atoms with Crippen LogP contribution in [0, 0.1) is 11.6 Å². The lowest BCUT2D eigenvalue weighted by Crippen LogP contribution is -2.33. The lowest BCUT2D eigenvalue weighted by Gasteiger charge is -2.20. The Morgan fingerprint density at radius 2 is 1.88 bits per heavy atom. The van der Waals surface area contributed by atoms with E-state index in [2.05, 4.69) is 0 Å². The molecule has 2 aromatic carbocycles. The largest absolute Gasteiger partial charge is 0.379 e. The molecule has 0 aliphatic carbocycles. The number of fused-ring (bicyclic) bond motifs is 1. The molecule has 0 N–H and O–H groups in total. The maximum atomic E-state index is 13.2. The van der Waals surface area contributed by atoms with Gasteiger partial charge in [-0.1, -0.05) is 0 Å². The highest BCUT2D eigenvalue weighted by atomic mass is 32.2. The van der Waals surface area contributed by atoms with Crippen molar-refractivity contribution in [3.63, 3.8) is 0 Å². The first-order valence-electron chi connectivity index (χ1n) is 7.51. The third kappa shape index (κ3) is 3.21. The van der Waals surface area contributed by atoms with E-state index in [0.717, 1.165) is 12.1 Å². The topological polar surface area (TPSA) is 63.7 Å². The molecule has 2 aromatic rings. The fourth-order valence-corrected chi connectivity index (χ4v) is 3.92. The number of hydrogen-bond acceptors (Lipinski definition) is 4. The van der Waals surface area contributed by atoms with Crippen LogP contribution in [0.4, 0.5) is 14.5 Å². The van der Waals surface area contributed by atoms with Crippen LogP contribution in [0.15, 0.2) is 41.3 Å². The van der Waals surface area contributed by atoms with Crippen molar-refractivity contribution in [1.82, 2.24) is 0 Å². The summed E-state index contributed by atoms with van der Waals surface area (Å²) in [6, 6.07) is 6.71. The Hall–Kier alpha value is -2.48. The molecule has 0 bridgehead atoms. The maximum absolute atomic E-state index is 13.2. The molecule has 25 heavy (non-hydrogen) atoms. The van der Waals surface area contributed by atoms with E-state index in [0.29, 0.717) is 23.7 Å². The first kappa shape index (κ1) is 17.3. The van der Waals surface area contributed by atoms with E-state index in [1.54, 1.807) is 11.0 Å². The average Bonchev–Trinajstić information content (AvgIpc) is 2.85. The number of carbonyl (C=O) groups is 1. The SMILES string of the molecule is CC(=O)N1c2ccc(S(=O)(=O)Oc3ccc(F)c(F)c3)cc2C[C@H]1C. The predicted octanol–water partition coefficient (Wildman–Crippen LogP) is 3.03. The van der Waals surface area contributed by atoms with Crippen molar-refractivity contribution in [2.24, 2.45) is 0 Å². The van der Waals surface area contributed by atoms with Gasteiger partial charge < -0.3 is 9.08 Å². The van der Waals surface area contributed by atoms with Crippen LogP contribution in [0.3, 0.4) is 0 Å². The summed E-state index contributed by atoms with van der Waals surface area (Å²) >= 11 is 0. The van der Waals surface area contributed by atoms with Crippen LogP contribution in [0.2, 0.25) is 0 Å². The van der Waals surface area contributed by atoms with Gasteiger partial charge in [-0.05, 0) is 49.2 Å². The van der Waals surface area contributed by atoms with E-state index >= 15 is 0 Å². The zero-order chi connectivity index (χ0) is 18.4. The molecule has 5 nitrogen and oxygen atoms in total. The fourth-order valence-electron chi connectivity index (χ4n) is 2.95. The molecular formula is C17H15F2NO4S. The molecule has 0 radical (unpaired) electrons. The van der Waals surface area contributed by atoms with E-state index in [-0.39, 0.29) is 22.6 Å². The van der Waals surface area contributed by atoms with Gasteiger partial charge in [0.2, 0.25) is 5.91 Å². The second-order valence-corrected chi connectivity index (χ2v) is 7.39. The summed E-state index contributed by atoms with van der Waals surface area (Å²) in [5.41, 5.74) is 1.37. The standard InChI is InChI=1S/C17H15F2NO4S/c1-10-7-12-8-14(4-6-17(12)20(10)11(2)21)25(22,23)24-13-3-5-15(18)16(19)9-13/h3-6,8-10H,7H2,1-2H3/t10-/m1/s1. The molecule has 0 saturated carbocycles. The van der Waals surface area contributed by atoms with Crippen LogP contribution >= 0.6 is 0 Å². The minimum absolute atomic E-state index is 0.0717. The molecule has 0 aromatic heterocycles. The van der Waals surface area contributed by atoms with Gasteiger partial charge in [-0.15, -0.1) is 0 Å². The van der Waals surface area contributed by atoms with Gasteiger partial charge in [0.15, 0.2) is 11.6 Å². The summed E-state index contributed by atoms with van der Waals surface area (Å²) in [5, 5.41) is 0. The van der Waals surface area contributed by atoms with Crippen LogP contribution in [0.5, 0.6) is 5.75 Å². The molecule has 0 fully saturated rings.